The van der Waals surface area contributed by atoms with Crippen LogP contribution in [0.15, 0.2) is 47.5 Å². The van der Waals surface area contributed by atoms with Crippen molar-refractivity contribution in [3.63, 3.8) is 0 Å². The van der Waals surface area contributed by atoms with Gasteiger partial charge in [-0.1, -0.05) is 18.2 Å². The minimum absolute atomic E-state index is 0.0264. The number of H-pyrrole nitrogens is 1. The first-order valence-electron chi connectivity index (χ1n) is 9.42. The minimum Gasteiger partial charge on any atom is -0.361 e. The Hall–Kier alpha value is -2.64. The lowest BCUT2D eigenvalue weighted by Gasteiger charge is -2.11. The molecule has 0 bridgehead atoms. The highest BCUT2D eigenvalue weighted by Gasteiger charge is 2.19. The molecule has 0 fully saturated rings. The van der Waals surface area contributed by atoms with Crippen LogP contribution in [-0.2, 0) is 27.7 Å². The predicted molar refractivity (Wildman–Crippen MR) is 110 cm³/mol. The fourth-order valence-electron chi connectivity index (χ4n) is 3.69. The topological polar surface area (TPSA) is 91.1 Å². The monoisotopic (exact) mass is 397 g/mol. The molecule has 7 heteroatoms. The molecule has 28 heavy (non-hydrogen) atoms. The molecular formula is C21H23N3O3S. The molecule has 1 aliphatic heterocycles. The fourth-order valence-corrected chi connectivity index (χ4v) is 4.77. The number of hydrogen-bond acceptors (Lipinski definition) is 3. The van der Waals surface area contributed by atoms with Crippen molar-refractivity contribution in [2.24, 2.45) is 0 Å². The summed E-state index contributed by atoms with van der Waals surface area (Å²) in [6.45, 7) is 2.36. The van der Waals surface area contributed by atoms with Crippen LogP contribution in [0.4, 0.5) is 5.69 Å². The zero-order valence-corrected chi connectivity index (χ0v) is 16.5. The van der Waals surface area contributed by atoms with Gasteiger partial charge in [-0.2, -0.15) is 0 Å². The summed E-state index contributed by atoms with van der Waals surface area (Å²) in [6, 6.07) is 11.0. The molecular weight excluding hydrogens is 374 g/mol. The van der Waals surface area contributed by atoms with E-state index in [1.165, 1.54) is 5.56 Å². The van der Waals surface area contributed by atoms with Crippen molar-refractivity contribution in [3.05, 3.63) is 59.3 Å². The van der Waals surface area contributed by atoms with E-state index in [1.54, 1.807) is 18.2 Å². The average molecular weight is 398 g/mol. The van der Waals surface area contributed by atoms with Gasteiger partial charge < -0.3 is 10.3 Å². The highest BCUT2D eigenvalue weighted by molar-refractivity contribution is 7.89. The van der Waals surface area contributed by atoms with Crippen LogP contribution in [0.2, 0.25) is 0 Å². The van der Waals surface area contributed by atoms with Crippen LogP contribution in [-0.4, -0.2) is 25.9 Å². The van der Waals surface area contributed by atoms with E-state index in [0.29, 0.717) is 31.5 Å². The van der Waals surface area contributed by atoms with E-state index < -0.39 is 10.0 Å². The fraction of sp³-hybridized carbons (Fsp3) is 0.286. The number of carbonyl (C=O) groups is 1. The summed E-state index contributed by atoms with van der Waals surface area (Å²) >= 11 is 0. The lowest BCUT2D eigenvalue weighted by atomic mass is 10.1. The zero-order valence-electron chi connectivity index (χ0n) is 15.7. The van der Waals surface area contributed by atoms with E-state index in [1.807, 2.05) is 31.3 Å². The van der Waals surface area contributed by atoms with Gasteiger partial charge in [0.1, 0.15) is 0 Å². The number of amides is 1. The van der Waals surface area contributed by atoms with Gasteiger partial charge >= 0.3 is 0 Å². The first-order chi connectivity index (χ1) is 13.4. The van der Waals surface area contributed by atoms with E-state index in [9.17, 15) is 13.2 Å². The van der Waals surface area contributed by atoms with Crippen molar-refractivity contribution >= 4 is 32.5 Å². The number of rotatable bonds is 5. The Bertz CT molecular complexity index is 1150. The second-order valence-corrected chi connectivity index (χ2v) is 8.95. The Labute approximate surface area is 164 Å². The normalized spacial score (nSPS) is 14.5. The van der Waals surface area contributed by atoms with Crippen molar-refractivity contribution in [2.75, 3.05) is 11.9 Å². The summed E-state index contributed by atoms with van der Waals surface area (Å²) in [4.78, 5) is 15.2. The third kappa shape index (κ3) is 3.68. The summed E-state index contributed by atoms with van der Waals surface area (Å²) in [5, 5.41) is 3.95. The van der Waals surface area contributed by atoms with Gasteiger partial charge in [0.25, 0.3) is 0 Å². The number of aromatic nitrogens is 1. The van der Waals surface area contributed by atoms with E-state index in [0.717, 1.165) is 28.5 Å². The average Bonchev–Trinajstić information content (AvgIpc) is 2.97. The first-order valence-corrected chi connectivity index (χ1v) is 10.9. The maximum atomic E-state index is 12.7. The Balaban J connectivity index is 1.48. The summed E-state index contributed by atoms with van der Waals surface area (Å²) < 4.78 is 28.1. The summed E-state index contributed by atoms with van der Waals surface area (Å²) in [6.07, 6.45) is 4.40. The Morgan fingerprint density at radius 3 is 2.86 bits per heavy atom. The quantitative estimate of drug-likeness (QED) is 0.617. The molecule has 6 nitrogen and oxygen atoms in total. The number of hydrogen-bond donors (Lipinski definition) is 3. The number of carbonyl (C=O) groups excluding carboxylic acids is 1. The molecule has 0 saturated carbocycles. The zero-order chi connectivity index (χ0) is 19.7. The SMILES string of the molecule is Cc1cccc2c(CCNS(=O)(=O)c3ccc4c(c3)CCCC(=O)N4)c[nH]c12. The second-order valence-electron chi connectivity index (χ2n) is 7.18. The third-order valence-corrected chi connectivity index (χ3v) is 6.67. The van der Waals surface area contributed by atoms with Crippen LogP contribution in [0, 0.1) is 6.92 Å². The number of aryl methyl sites for hydroxylation is 2. The van der Waals surface area contributed by atoms with Crippen molar-refractivity contribution in [2.45, 2.75) is 37.5 Å². The molecule has 3 aromatic rings. The molecule has 146 valence electrons. The number of para-hydroxylation sites is 1. The Morgan fingerprint density at radius 1 is 1.14 bits per heavy atom. The van der Waals surface area contributed by atoms with Crippen LogP contribution in [0.25, 0.3) is 10.9 Å². The van der Waals surface area contributed by atoms with Gasteiger partial charge in [-0.25, -0.2) is 13.1 Å². The number of sulfonamides is 1. The molecule has 0 atom stereocenters. The largest absolute Gasteiger partial charge is 0.361 e. The molecule has 1 aliphatic rings. The van der Waals surface area contributed by atoms with Crippen molar-refractivity contribution in [3.8, 4) is 0 Å². The lowest BCUT2D eigenvalue weighted by Crippen LogP contribution is -2.26. The number of anilines is 1. The van der Waals surface area contributed by atoms with Gasteiger partial charge in [0, 0.05) is 35.8 Å². The van der Waals surface area contributed by atoms with E-state index in [4.69, 9.17) is 0 Å². The van der Waals surface area contributed by atoms with Gasteiger partial charge in [-0.15, -0.1) is 0 Å². The number of nitrogens with one attached hydrogen (secondary N) is 3. The lowest BCUT2D eigenvalue weighted by molar-refractivity contribution is -0.116. The molecule has 0 radical (unpaired) electrons. The highest BCUT2D eigenvalue weighted by Crippen LogP contribution is 2.25. The Morgan fingerprint density at radius 2 is 2.00 bits per heavy atom. The molecule has 2 heterocycles. The van der Waals surface area contributed by atoms with Gasteiger partial charge in [0.15, 0.2) is 0 Å². The Kier molecular flexibility index (Phi) is 4.95. The van der Waals surface area contributed by atoms with Gasteiger partial charge in [0.05, 0.1) is 4.90 Å². The summed E-state index contributed by atoms with van der Waals surface area (Å²) in [5.74, 6) is -0.0264. The molecule has 4 rings (SSSR count). The molecule has 1 aromatic heterocycles. The van der Waals surface area contributed by atoms with E-state index >= 15 is 0 Å². The van der Waals surface area contributed by atoms with E-state index in [-0.39, 0.29) is 10.8 Å². The molecule has 2 aromatic carbocycles. The maximum absolute atomic E-state index is 12.7. The van der Waals surface area contributed by atoms with Gasteiger partial charge in [-0.3, -0.25) is 4.79 Å². The molecule has 3 N–H and O–H groups in total. The third-order valence-electron chi connectivity index (χ3n) is 5.21. The van der Waals surface area contributed by atoms with Crippen LogP contribution in [0.3, 0.4) is 0 Å². The maximum Gasteiger partial charge on any atom is 0.240 e. The highest BCUT2D eigenvalue weighted by atomic mass is 32.2. The minimum atomic E-state index is -3.61. The smallest absolute Gasteiger partial charge is 0.240 e. The van der Waals surface area contributed by atoms with Gasteiger partial charge in [0.2, 0.25) is 15.9 Å². The standard InChI is InChI=1S/C21H23N3O3S/c1-14-4-2-6-18-16(13-22-21(14)18)10-11-23-28(26,27)17-8-9-19-15(12-17)5-3-7-20(25)24-19/h2,4,6,8-9,12-13,22-23H,3,5,7,10-11H2,1H3,(H,24,25). The summed E-state index contributed by atoms with van der Waals surface area (Å²) in [7, 11) is -3.61. The first kappa shape index (κ1) is 18.7. The predicted octanol–water partition coefficient (Wildman–Crippen LogP) is 3.27. The van der Waals surface area contributed by atoms with Crippen molar-refractivity contribution in [1.29, 1.82) is 0 Å². The van der Waals surface area contributed by atoms with Crippen LogP contribution in [0.1, 0.15) is 29.5 Å². The number of fused-ring (bicyclic) bond motifs is 2. The van der Waals surface area contributed by atoms with Crippen LogP contribution >= 0.6 is 0 Å². The van der Waals surface area contributed by atoms with Gasteiger partial charge in [-0.05, 0) is 61.1 Å². The molecule has 0 unspecified atom stereocenters. The number of aromatic amines is 1. The molecule has 0 saturated heterocycles. The van der Waals surface area contributed by atoms with Crippen LogP contribution < -0.4 is 10.0 Å². The van der Waals surface area contributed by atoms with Crippen molar-refractivity contribution in [1.82, 2.24) is 9.71 Å². The molecule has 1 amide bonds. The van der Waals surface area contributed by atoms with Crippen molar-refractivity contribution < 1.29 is 13.2 Å². The van der Waals surface area contributed by atoms with E-state index in [2.05, 4.69) is 15.0 Å². The summed E-state index contributed by atoms with van der Waals surface area (Å²) in [5.41, 5.74) is 4.91. The van der Waals surface area contributed by atoms with Crippen LogP contribution in [0.5, 0.6) is 0 Å². The number of benzene rings is 2. The molecule has 0 spiro atoms. The molecule has 0 aliphatic carbocycles. The second kappa shape index (κ2) is 7.41.